The minimum absolute atomic E-state index is 0.00881. The summed E-state index contributed by atoms with van der Waals surface area (Å²) < 4.78 is 5.41. The number of carboxylic acid groups (broad SMARTS) is 1. The van der Waals surface area contributed by atoms with Crippen LogP contribution in [0.5, 0.6) is 0 Å². The number of ether oxygens (including phenoxy) is 1. The predicted octanol–water partition coefficient (Wildman–Crippen LogP) is 2.92. The maximum atomic E-state index is 12.3. The molecule has 0 aromatic heterocycles. The minimum atomic E-state index is -1.09. The lowest BCUT2D eigenvalue weighted by Gasteiger charge is -2.27. The Morgan fingerprint density at radius 1 is 1.35 bits per heavy atom. The van der Waals surface area contributed by atoms with Gasteiger partial charge in [-0.1, -0.05) is 23.2 Å². The third kappa shape index (κ3) is 5.37. The SMILES string of the molecule is CC1CC(C(=O)NC(Cc2cc(Cl)cc(Cl)c2)C(=O)O)CCO1. The summed E-state index contributed by atoms with van der Waals surface area (Å²) >= 11 is 11.8. The first-order valence-electron chi connectivity index (χ1n) is 7.45. The fraction of sp³-hybridized carbons (Fsp3) is 0.500. The molecule has 1 aliphatic heterocycles. The van der Waals surface area contributed by atoms with Gasteiger partial charge in [-0.05, 0) is 43.5 Å². The van der Waals surface area contributed by atoms with E-state index < -0.39 is 12.0 Å². The lowest BCUT2D eigenvalue weighted by molar-refractivity contribution is -0.143. The summed E-state index contributed by atoms with van der Waals surface area (Å²) in [5, 5.41) is 12.8. The summed E-state index contributed by atoms with van der Waals surface area (Å²) in [5.74, 6) is -1.56. The first kappa shape index (κ1) is 18.0. The van der Waals surface area contributed by atoms with Gasteiger partial charge in [-0.2, -0.15) is 0 Å². The van der Waals surface area contributed by atoms with Crippen molar-refractivity contribution < 1.29 is 19.4 Å². The van der Waals surface area contributed by atoms with E-state index in [2.05, 4.69) is 5.32 Å². The lowest BCUT2D eigenvalue weighted by Crippen LogP contribution is -2.46. The summed E-state index contributed by atoms with van der Waals surface area (Å²) in [4.78, 5) is 23.8. The van der Waals surface area contributed by atoms with Crippen molar-refractivity contribution in [3.63, 3.8) is 0 Å². The number of hydrogen-bond acceptors (Lipinski definition) is 3. The average Bonchev–Trinajstić information content (AvgIpc) is 2.45. The van der Waals surface area contributed by atoms with E-state index in [1.807, 2.05) is 6.92 Å². The first-order chi connectivity index (χ1) is 10.8. The molecule has 5 nitrogen and oxygen atoms in total. The molecule has 2 N–H and O–H groups in total. The number of hydrogen-bond donors (Lipinski definition) is 2. The van der Waals surface area contributed by atoms with Crippen molar-refractivity contribution in [3.05, 3.63) is 33.8 Å². The van der Waals surface area contributed by atoms with Gasteiger partial charge < -0.3 is 15.2 Å². The van der Waals surface area contributed by atoms with Crippen LogP contribution >= 0.6 is 23.2 Å². The monoisotopic (exact) mass is 359 g/mol. The molecular formula is C16H19Cl2NO4. The number of halogens is 2. The molecule has 23 heavy (non-hydrogen) atoms. The minimum Gasteiger partial charge on any atom is -0.480 e. The molecule has 0 radical (unpaired) electrons. The highest BCUT2D eigenvalue weighted by Crippen LogP contribution is 2.22. The molecule has 7 heteroatoms. The first-order valence-corrected chi connectivity index (χ1v) is 8.20. The highest BCUT2D eigenvalue weighted by Gasteiger charge is 2.29. The van der Waals surface area contributed by atoms with Gasteiger partial charge in [-0.25, -0.2) is 4.79 Å². The van der Waals surface area contributed by atoms with Crippen LogP contribution in [0.15, 0.2) is 18.2 Å². The highest BCUT2D eigenvalue weighted by molar-refractivity contribution is 6.34. The second-order valence-corrected chi connectivity index (χ2v) is 6.66. The predicted molar refractivity (Wildman–Crippen MR) is 87.9 cm³/mol. The number of aliphatic carboxylic acids is 1. The quantitative estimate of drug-likeness (QED) is 0.847. The molecule has 126 valence electrons. The number of rotatable bonds is 5. The van der Waals surface area contributed by atoms with Crippen LogP contribution in [0.2, 0.25) is 10.0 Å². The summed E-state index contributed by atoms with van der Waals surface area (Å²) in [6.07, 6.45) is 1.33. The zero-order chi connectivity index (χ0) is 17.0. The average molecular weight is 360 g/mol. The van der Waals surface area contributed by atoms with Gasteiger partial charge in [0.15, 0.2) is 0 Å². The van der Waals surface area contributed by atoms with Crippen LogP contribution in [0.1, 0.15) is 25.3 Å². The van der Waals surface area contributed by atoms with Crippen LogP contribution in [-0.2, 0) is 20.7 Å². The zero-order valence-electron chi connectivity index (χ0n) is 12.7. The summed E-state index contributed by atoms with van der Waals surface area (Å²) in [6.45, 7) is 2.42. The third-order valence-corrected chi connectivity index (χ3v) is 4.27. The molecule has 1 aromatic rings. The van der Waals surface area contributed by atoms with Crippen LogP contribution in [0.3, 0.4) is 0 Å². The lowest BCUT2D eigenvalue weighted by atomic mass is 9.94. The smallest absolute Gasteiger partial charge is 0.326 e. The highest BCUT2D eigenvalue weighted by atomic mass is 35.5. The maximum Gasteiger partial charge on any atom is 0.326 e. The fourth-order valence-corrected chi connectivity index (χ4v) is 3.26. The number of carbonyl (C=O) groups is 2. The fourth-order valence-electron chi connectivity index (χ4n) is 2.69. The number of nitrogens with one attached hydrogen (secondary N) is 1. The number of carbonyl (C=O) groups excluding carboxylic acids is 1. The van der Waals surface area contributed by atoms with Crippen LogP contribution < -0.4 is 5.32 Å². The van der Waals surface area contributed by atoms with Crippen LogP contribution in [-0.4, -0.2) is 35.7 Å². The van der Waals surface area contributed by atoms with Gasteiger partial charge in [0.2, 0.25) is 5.91 Å². The summed E-state index contributed by atoms with van der Waals surface area (Å²) in [6, 6.07) is 3.85. The van der Waals surface area contributed by atoms with E-state index in [4.69, 9.17) is 27.9 Å². The molecule has 1 aromatic carbocycles. The van der Waals surface area contributed by atoms with Crippen molar-refractivity contribution in [1.82, 2.24) is 5.32 Å². The van der Waals surface area contributed by atoms with Crippen molar-refractivity contribution in [2.24, 2.45) is 5.92 Å². The second-order valence-electron chi connectivity index (χ2n) is 5.78. The Hall–Kier alpha value is -1.30. The number of amides is 1. The van der Waals surface area contributed by atoms with Crippen LogP contribution in [0.4, 0.5) is 0 Å². The van der Waals surface area contributed by atoms with E-state index in [0.717, 1.165) is 0 Å². The Kier molecular flexibility index (Phi) is 6.27. The van der Waals surface area contributed by atoms with Gasteiger partial charge in [0.25, 0.3) is 0 Å². The number of benzene rings is 1. The van der Waals surface area contributed by atoms with Gasteiger partial charge in [-0.3, -0.25) is 4.79 Å². The van der Waals surface area contributed by atoms with E-state index in [9.17, 15) is 14.7 Å². The van der Waals surface area contributed by atoms with Gasteiger partial charge in [0.1, 0.15) is 6.04 Å². The molecule has 0 saturated carbocycles. The Bertz CT molecular complexity index is 573. The zero-order valence-corrected chi connectivity index (χ0v) is 14.2. The van der Waals surface area contributed by atoms with Crippen LogP contribution in [0, 0.1) is 5.92 Å². The summed E-state index contributed by atoms with van der Waals surface area (Å²) in [5.41, 5.74) is 0.663. The Morgan fingerprint density at radius 2 is 2.00 bits per heavy atom. The van der Waals surface area contributed by atoms with Crippen molar-refractivity contribution >= 4 is 35.1 Å². The Balaban J connectivity index is 2.03. The van der Waals surface area contributed by atoms with E-state index in [1.165, 1.54) is 0 Å². The largest absolute Gasteiger partial charge is 0.480 e. The van der Waals surface area contributed by atoms with Crippen molar-refractivity contribution in [2.75, 3.05) is 6.61 Å². The summed E-state index contributed by atoms with van der Waals surface area (Å²) in [7, 11) is 0. The molecule has 3 unspecified atom stereocenters. The van der Waals surface area contributed by atoms with Crippen molar-refractivity contribution in [2.45, 2.75) is 38.3 Å². The van der Waals surface area contributed by atoms with Gasteiger partial charge in [0, 0.05) is 29.0 Å². The van der Waals surface area contributed by atoms with E-state index in [0.29, 0.717) is 35.1 Å². The van der Waals surface area contributed by atoms with Gasteiger partial charge >= 0.3 is 5.97 Å². The Labute approximate surface area is 144 Å². The van der Waals surface area contributed by atoms with Gasteiger partial charge in [0.05, 0.1) is 6.10 Å². The van der Waals surface area contributed by atoms with E-state index >= 15 is 0 Å². The molecular weight excluding hydrogens is 341 g/mol. The molecule has 1 amide bonds. The molecule has 0 bridgehead atoms. The molecule has 2 rings (SSSR count). The molecule has 1 heterocycles. The maximum absolute atomic E-state index is 12.3. The second kappa shape index (κ2) is 7.99. The van der Waals surface area contributed by atoms with Crippen LogP contribution in [0.25, 0.3) is 0 Å². The van der Waals surface area contributed by atoms with E-state index in [-0.39, 0.29) is 24.3 Å². The Morgan fingerprint density at radius 3 is 2.57 bits per heavy atom. The molecule has 1 saturated heterocycles. The van der Waals surface area contributed by atoms with Gasteiger partial charge in [-0.15, -0.1) is 0 Å². The molecule has 1 aliphatic rings. The van der Waals surface area contributed by atoms with Crippen molar-refractivity contribution in [1.29, 1.82) is 0 Å². The number of carboxylic acids is 1. The molecule has 1 fully saturated rings. The molecule has 3 atom stereocenters. The van der Waals surface area contributed by atoms with Crippen molar-refractivity contribution in [3.8, 4) is 0 Å². The third-order valence-electron chi connectivity index (χ3n) is 3.83. The molecule has 0 spiro atoms. The standard InChI is InChI=1S/C16H19Cl2NO4/c1-9-4-11(2-3-23-9)15(20)19-14(16(21)22)7-10-5-12(17)8-13(18)6-10/h5-6,8-9,11,14H,2-4,7H2,1H3,(H,19,20)(H,21,22). The normalized spacial score (nSPS) is 22.4. The topological polar surface area (TPSA) is 75.6 Å². The molecule has 0 aliphatic carbocycles. The van der Waals surface area contributed by atoms with E-state index in [1.54, 1.807) is 18.2 Å².